The molecular weight excluding hydrogens is 238 g/mol. The molecule has 0 aliphatic carbocycles. The molecule has 0 aromatic rings. The monoisotopic (exact) mass is 261 g/mol. The average molecular weight is 261 g/mol. The van der Waals surface area contributed by atoms with E-state index in [4.69, 9.17) is 5.73 Å². The molecule has 5 nitrogen and oxygen atoms in total. The number of rotatable bonds is 3. The van der Waals surface area contributed by atoms with Crippen molar-refractivity contribution in [2.24, 2.45) is 11.7 Å². The van der Waals surface area contributed by atoms with Gasteiger partial charge in [-0.3, -0.25) is 0 Å². The van der Waals surface area contributed by atoms with E-state index in [0.717, 1.165) is 25.7 Å². The van der Waals surface area contributed by atoms with Crippen molar-refractivity contribution in [3.63, 3.8) is 0 Å². The Morgan fingerprint density at radius 2 is 1.88 bits per heavy atom. The van der Waals surface area contributed by atoms with Crippen LogP contribution in [0.4, 0.5) is 0 Å². The summed E-state index contributed by atoms with van der Waals surface area (Å²) in [5, 5.41) is 0. The Kier molecular flexibility index (Phi) is 4.07. The smallest absolute Gasteiger partial charge is 0.282 e. The van der Waals surface area contributed by atoms with Crippen LogP contribution in [0.25, 0.3) is 0 Å². The van der Waals surface area contributed by atoms with Crippen molar-refractivity contribution in [1.29, 1.82) is 0 Å². The van der Waals surface area contributed by atoms with Crippen LogP contribution < -0.4 is 5.73 Å². The lowest BCUT2D eigenvalue weighted by Gasteiger charge is -2.38. The molecule has 17 heavy (non-hydrogen) atoms. The Balaban J connectivity index is 2.13. The second-order valence-corrected chi connectivity index (χ2v) is 7.12. The highest BCUT2D eigenvalue weighted by atomic mass is 32.2. The minimum absolute atomic E-state index is 0.00986. The molecular formula is C11H23N3O2S. The fraction of sp³-hybridized carbons (Fsp3) is 1.00. The predicted octanol–water partition coefficient (Wildman–Crippen LogP) is 0.386. The largest absolute Gasteiger partial charge is 0.329 e. The summed E-state index contributed by atoms with van der Waals surface area (Å²) < 4.78 is 28.2. The van der Waals surface area contributed by atoms with Crippen LogP contribution in [0.5, 0.6) is 0 Å². The van der Waals surface area contributed by atoms with Gasteiger partial charge in [-0.1, -0.05) is 6.92 Å². The lowest BCUT2D eigenvalue weighted by Crippen LogP contribution is -2.53. The SMILES string of the molecule is CC1CCN(S(=O)(=O)N2CCCC2)C(CN)C1. The highest BCUT2D eigenvalue weighted by Gasteiger charge is 2.38. The second-order valence-electron chi connectivity index (χ2n) is 5.24. The first kappa shape index (κ1) is 13.3. The number of nitrogens with two attached hydrogens (primary N) is 1. The van der Waals surface area contributed by atoms with Gasteiger partial charge in [-0.25, -0.2) is 0 Å². The highest BCUT2D eigenvalue weighted by molar-refractivity contribution is 7.86. The van der Waals surface area contributed by atoms with Gasteiger partial charge in [-0.15, -0.1) is 0 Å². The first-order valence-electron chi connectivity index (χ1n) is 6.52. The van der Waals surface area contributed by atoms with Gasteiger partial charge in [0.1, 0.15) is 0 Å². The molecule has 0 radical (unpaired) electrons. The molecule has 2 aliphatic heterocycles. The Hall–Kier alpha value is -0.170. The number of hydrogen-bond donors (Lipinski definition) is 1. The van der Waals surface area contributed by atoms with Crippen molar-refractivity contribution in [2.45, 2.75) is 38.6 Å². The van der Waals surface area contributed by atoms with E-state index < -0.39 is 10.2 Å². The quantitative estimate of drug-likeness (QED) is 0.799. The van der Waals surface area contributed by atoms with Crippen molar-refractivity contribution in [2.75, 3.05) is 26.2 Å². The summed E-state index contributed by atoms with van der Waals surface area (Å²) in [4.78, 5) is 0. The van der Waals surface area contributed by atoms with Crippen LogP contribution in [0.2, 0.25) is 0 Å². The van der Waals surface area contributed by atoms with Gasteiger partial charge in [0.2, 0.25) is 0 Å². The molecule has 0 aromatic carbocycles. The number of hydrogen-bond acceptors (Lipinski definition) is 3. The van der Waals surface area contributed by atoms with E-state index >= 15 is 0 Å². The maximum Gasteiger partial charge on any atom is 0.282 e. The van der Waals surface area contributed by atoms with E-state index in [-0.39, 0.29) is 6.04 Å². The lowest BCUT2D eigenvalue weighted by atomic mass is 9.94. The van der Waals surface area contributed by atoms with Crippen molar-refractivity contribution >= 4 is 10.2 Å². The van der Waals surface area contributed by atoms with E-state index in [1.54, 1.807) is 8.61 Å². The fourth-order valence-electron chi connectivity index (χ4n) is 2.81. The summed E-state index contributed by atoms with van der Waals surface area (Å²) in [6.07, 6.45) is 3.81. The Labute approximate surface area is 104 Å². The summed E-state index contributed by atoms with van der Waals surface area (Å²) >= 11 is 0. The summed E-state index contributed by atoms with van der Waals surface area (Å²) in [7, 11) is -3.26. The van der Waals surface area contributed by atoms with Crippen LogP contribution in [0, 0.1) is 5.92 Å². The maximum absolute atomic E-state index is 12.5. The molecule has 2 N–H and O–H groups in total. The molecule has 2 unspecified atom stereocenters. The normalized spacial score (nSPS) is 33.1. The first-order valence-corrected chi connectivity index (χ1v) is 7.92. The van der Waals surface area contributed by atoms with Crippen molar-refractivity contribution < 1.29 is 8.42 Å². The first-order chi connectivity index (χ1) is 8.05. The topological polar surface area (TPSA) is 66.6 Å². The van der Waals surface area contributed by atoms with Gasteiger partial charge < -0.3 is 5.73 Å². The van der Waals surface area contributed by atoms with E-state index in [9.17, 15) is 8.42 Å². The Morgan fingerprint density at radius 1 is 1.24 bits per heavy atom. The van der Waals surface area contributed by atoms with E-state index in [1.807, 2.05) is 0 Å². The zero-order valence-corrected chi connectivity index (χ0v) is 11.3. The molecule has 0 spiro atoms. The Morgan fingerprint density at radius 3 is 2.47 bits per heavy atom. The van der Waals surface area contributed by atoms with Crippen LogP contribution in [-0.4, -0.2) is 49.2 Å². The van der Waals surface area contributed by atoms with Crippen molar-refractivity contribution in [3.8, 4) is 0 Å². The summed E-state index contributed by atoms with van der Waals surface area (Å²) in [5.74, 6) is 0.577. The predicted molar refractivity (Wildman–Crippen MR) is 67.7 cm³/mol. The summed E-state index contributed by atoms with van der Waals surface area (Å²) in [6, 6.07) is -0.00986. The molecule has 2 saturated heterocycles. The van der Waals surface area contributed by atoms with Crippen LogP contribution >= 0.6 is 0 Å². The summed E-state index contributed by atoms with van der Waals surface area (Å²) in [6.45, 7) is 4.57. The molecule has 2 aliphatic rings. The molecule has 100 valence electrons. The molecule has 6 heteroatoms. The van der Waals surface area contributed by atoms with Gasteiger partial charge in [0.25, 0.3) is 10.2 Å². The average Bonchev–Trinajstić information content (AvgIpc) is 2.82. The van der Waals surface area contributed by atoms with E-state index in [0.29, 0.717) is 32.1 Å². The molecule has 0 amide bonds. The fourth-order valence-corrected chi connectivity index (χ4v) is 4.72. The standard InChI is InChI=1S/C11H23N3O2S/c1-10-4-7-14(11(8-10)9-12)17(15,16)13-5-2-3-6-13/h10-11H,2-9,12H2,1H3. The van der Waals surface area contributed by atoms with E-state index in [2.05, 4.69) is 6.92 Å². The minimum Gasteiger partial charge on any atom is -0.329 e. The molecule has 2 heterocycles. The molecule has 0 saturated carbocycles. The molecule has 0 bridgehead atoms. The minimum atomic E-state index is -3.26. The van der Waals surface area contributed by atoms with Gasteiger partial charge in [-0.2, -0.15) is 17.0 Å². The Bertz CT molecular complexity index is 352. The second kappa shape index (κ2) is 5.22. The van der Waals surface area contributed by atoms with Gasteiger partial charge in [-0.05, 0) is 31.6 Å². The maximum atomic E-state index is 12.5. The van der Waals surface area contributed by atoms with Crippen molar-refractivity contribution in [3.05, 3.63) is 0 Å². The number of piperidine rings is 1. The third kappa shape index (κ3) is 2.65. The molecule has 2 rings (SSSR count). The van der Waals surface area contributed by atoms with Gasteiger partial charge in [0.15, 0.2) is 0 Å². The zero-order chi connectivity index (χ0) is 12.5. The van der Waals surface area contributed by atoms with Crippen LogP contribution in [-0.2, 0) is 10.2 Å². The van der Waals surface area contributed by atoms with Gasteiger partial charge >= 0.3 is 0 Å². The molecule has 0 aromatic heterocycles. The van der Waals surface area contributed by atoms with Gasteiger partial charge in [0, 0.05) is 32.2 Å². The van der Waals surface area contributed by atoms with Crippen molar-refractivity contribution in [1.82, 2.24) is 8.61 Å². The third-order valence-electron chi connectivity index (χ3n) is 3.88. The van der Waals surface area contributed by atoms with Gasteiger partial charge in [0.05, 0.1) is 0 Å². The highest BCUT2D eigenvalue weighted by Crippen LogP contribution is 2.27. The lowest BCUT2D eigenvalue weighted by molar-refractivity contribution is 0.200. The zero-order valence-electron chi connectivity index (χ0n) is 10.5. The van der Waals surface area contributed by atoms with E-state index in [1.165, 1.54) is 0 Å². The third-order valence-corrected chi connectivity index (χ3v) is 5.97. The van der Waals surface area contributed by atoms with Crippen LogP contribution in [0.3, 0.4) is 0 Å². The molecule has 2 atom stereocenters. The number of nitrogens with zero attached hydrogens (tertiary/aromatic N) is 2. The van der Waals surface area contributed by atoms with Crippen LogP contribution in [0.15, 0.2) is 0 Å². The molecule has 2 fully saturated rings. The van der Waals surface area contributed by atoms with Crippen LogP contribution in [0.1, 0.15) is 32.6 Å². The summed E-state index contributed by atoms with van der Waals surface area (Å²) in [5.41, 5.74) is 5.73.